The Hall–Kier alpha value is -3.67. The minimum absolute atomic E-state index is 0.0441. The summed E-state index contributed by atoms with van der Waals surface area (Å²) in [4.78, 5) is 24.0. The average molecular weight is 521 g/mol. The van der Waals surface area contributed by atoms with Crippen molar-refractivity contribution >= 4 is 39.4 Å². The number of rotatable bonds is 7. The molecule has 11 heteroatoms. The first-order valence-corrected chi connectivity index (χ1v) is 13.1. The number of pyridine rings is 1. The van der Waals surface area contributed by atoms with Crippen LogP contribution < -0.4 is 20.3 Å². The molecule has 2 aliphatic heterocycles. The molecule has 0 unspecified atom stereocenters. The van der Waals surface area contributed by atoms with Gasteiger partial charge in [-0.05, 0) is 24.3 Å². The molecule has 0 bridgehead atoms. The van der Waals surface area contributed by atoms with E-state index in [-0.39, 0.29) is 22.9 Å². The van der Waals surface area contributed by atoms with Crippen LogP contribution in [0.5, 0.6) is 11.6 Å². The quantitative estimate of drug-likeness (QED) is 0.340. The first-order chi connectivity index (χ1) is 18.0. The van der Waals surface area contributed by atoms with Crippen LogP contribution in [-0.4, -0.2) is 71.5 Å². The van der Waals surface area contributed by atoms with Crippen LogP contribution in [0, 0.1) is 5.41 Å². The van der Waals surface area contributed by atoms with E-state index in [1.54, 1.807) is 28.5 Å². The molecule has 0 saturated carbocycles. The van der Waals surface area contributed by atoms with Crippen molar-refractivity contribution in [3.8, 4) is 16.8 Å². The van der Waals surface area contributed by atoms with Gasteiger partial charge in [0.2, 0.25) is 5.88 Å². The summed E-state index contributed by atoms with van der Waals surface area (Å²) < 4.78 is 12.9. The lowest BCUT2D eigenvalue weighted by atomic mass is 9.90. The third-order valence-corrected chi connectivity index (χ3v) is 7.52. The lowest BCUT2D eigenvalue weighted by Crippen LogP contribution is -2.44. The molecule has 2 saturated heterocycles. The van der Waals surface area contributed by atoms with E-state index >= 15 is 0 Å². The maximum absolute atomic E-state index is 13.1. The monoisotopic (exact) mass is 520 g/mol. The summed E-state index contributed by atoms with van der Waals surface area (Å²) in [5, 5.41) is 20.8. The van der Waals surface area contributed by atoms with Gasteiger partial charge in [0.05, 0.1) is 37.4 Å². The molecule has 37 heavy (non-hydrogen) atoms. The summed E-state index contributed by atoms with van der Waals surface area (Å²) in [7, 11) is 0. The lowest BCUT2D eigenvalue weighted by molar-refractivity contribution is -0.120. The Kier molecular flexibility index (Phi) is 6.19. The molecule has 4 aromatic rings. The number of ether oxygens (including phenoxy) is 2. The van der Waals surface area contributed by atoms with Gasteiger partial charge in [0.15, 0.2) is 5.13 Å². The fourth-order valence-corrected chi connectivity index (χ4v) is 5.32. The highest BCUT2D eigenvalue weighted by molar-refractivity contribution is 7.12. The number of piperazine rings is 1. The first-order valence-electron chi connectivity index (χ1n) is 12.2. The van der Waals surface area contributed by atoms with Crippen LogP contribution in [0.25, 0.3) is 15.9 Å². The third-order valence-electron chi connectivity index (χ3n) is 6.68. The Morgan fingerprint density at radius 3 is 2.92 bits per heavy atom. The molecular weight excluding hydrogens is 492 g/mol. The number of nitrogens with one attached hydrogen (secondary N) is 2. The average Bonchev–Trinajstić information content (AvgIpc) is 3.52. The van der Waals surface area contributed by atoms with Crippen LogP contribution in [0.15, 0.2) is 48.2 Å². The van der Waals surface area contributed by atoms with E-state index in [0.29, 0.717) is 36.0 Å². The van der Waals surface area contributed by atoms with E-state index in [1.807, 2.05) is 24.3 Å². The van der Waals surface area contributed by atoms with Crippen LogP contribution in [0.2, 0.25) is 0 Å². The second-order valence-electron chi connectivity index (χ2n) is 9.76. The molecule has 1 amide bonds. The van der Waals surface area contributed by atoms with Crippen LogP contribution in [0.1, 0.15) is 17.4 Å². The van der Waals surface area contributed by atoms with Gasteiger partial charge in [-0.1, -0.05) is 6.92 Å². The van der Waals surface area contributed by atoms with E-state index in [2.05, 4.69) is 32.4 Å². The smallest absolute Gasteiger partial charge is 0.275 e. The van der Waals surface area contributed by atoms with E-state index in [4.69, 9.17) is 9.47 Å². The summed E-state index contributed by atoms with van der Waals surface area (Å²) in [6, 6.07) is 7.49. The maximum Gasteiger partial charge on any atom is 0.275 e. The van der Waals surface area contributed by atoms with Crippen molar-refractivity contribution in [2.45, 2.75) is 6.92 Å². The fourth-order valence-electron chi connectivity index (χ4n) is 4.54. The molecule has 0 spiro atoms. The zero-order valence-electron chi connectivity index (χ0n) is 20.4. The SMILES string of the molecule is CC1(COc2ccc3c(O)n(-c4nc(C(=O)Nc5cnccc5N5CCNCC5)cs4)cc3c2)COC1. The molecular formula is C26H28N6O4S. The van der Waals surface area contributed by atoms with Crippen molar-refractivity contribution in [3.05, 3.63) is 53.9 Å². The van der Waals surface area contributed by atoms with E-state index in [0.717, 1.165) is 43.0 Å². The lowest BCUT2D eigenvalue weighted by Gasteiger charge is -2.37. The van der Waals surface area contributed by atoms with Gasteiger partial charge in [0.25, 0.3) is 5.91 Å². The number of carbonyl (C=O) groups excluding carboxylic acids is 1. The molecule has 6 rings (SSSR count). The molecule has 2 fully saturated rings. The number of hydrogen-bond acceptors (Lipinski definition) is 9. The van der Waals surface area contributed by atoms with Gasteiger partial charge < -0.3 is 30.1 Å². The number of benzene rings is 1. The maximum atomic E-state index is 13.1. The topological polar surface area (TPSA) is 114 Å². The molecule has 1 aromatic carbocycles. The summed E-state index contributed by atoms with van der Waals surface area (Å²) in [6.45, 7) is 7.60. The normalized spacial score (nSPS) is 16.9. The Morgan fingerprint density at radius 1 is 1.30 bits per heavy atom. The van der Waals surface area contributed by atoms with Crippen LogP contribution >= 0.6 is 11.3 Å². The van der Waals surface area contributed by atoms with Crippen molar-refractivity contribution in [2.24, 2.45) is 5.41 Å². The highest BCUT2D eigenvalue weighted by Crippen LogP contribution is 2.35. The van der Waals surface area contributed by atoms with Gasteiger partial charge in [-0.25, -0.2) is 4.98 Å². The van der Waals surface area contributed by atoms with Crippen molar-refractivity contribution in [3.63, 3.8) is 0 Å². The zero-order valence-corrected chi connectivity index (χ0v) is 21.3. The molecule has 0 aliphatic carbocycles. The number of carbonyl (C=O) groups is 1. The van der Waals surface area contributed by atoms with Crippen molar-refractivity contribution in [2.75, 3.05) is 56.2 Å². The number of anilines is 2. The Morgan fingerprint density at radius 2 is 2.14 bits per heavy atom. The van der Waals surface area contributed by atoms with Crippen molar-refractivity contribution in [1.82, 2.24) is 19.9 Å². The summed E-state index contributed by atoms with van der Waals surface area (Å²) in [5.74, 6) is 0.469. The number of aromatic hydroxyl groups is 1. The van der Waals surface area contributed by atoms with E-state index in [1.165, 1.54) is 11.3 Å². The summed E-state index contributed by atoms with van der Waals surface area (Å²) in [5.41, 5.74) is 1.90. The molecule has 0 radical (unpaired) electrons. The summed E-state index contributed by atoms with van der Waals surface area (Å²) in [6.07, 6.45) is 5.19. The molecule has 3 aromatic heterocycles. The highest BCUT2D eigenvalue weighted by atomic mass is 32.1. The van der Waals surface area contributed by atoms with Gasteiger partial charge in [0, 0.05) is 60.1 Å². The molecule has 192 valence electrons. The number of aromatic nitrogens is 3. The van der Waals surface area contributed by atoms with Crippen LogP contribution in [0.4, 0.5) is 11.4 Å². The van der Waals surface area contributed by atoms with E-state index < -0.39 is 0 Å². The fraction of sp³-hybridized carbons (Fsp3) is 0.346. The van der Waals surface area contributed by atoms with Gasteiger partial charge in [-0.15, -0.1) is 11.3 Å². The van der Waals surface area contributed by atoms with Crippen LogP contribution in [0.3, 0.4) is 0 Å². The number of nitrogens with zero attached hydrogens (tertiary/aromatic N) is 4. The van der Waals surface area contributed by atoms with Crippen LogP contribution in [-0.2, 0) is 4.74 Å². The Labute approximate surface area is 217 Å². The van der Waals surface area contributed by atoms with Crippen molar-refractivity contribution < 1.29 is 19.4 Å². The third kappa shape index (κ3) is 4.73. The minimum Gasteiger partial charge on any atom is -0.494 e. The highest BCUT2D eigenvalue weighted by Gasteiger charge is 2.34. The van der Waals surface area contributed by atoms with Gasteiger partial charge in [-0.2, -0.15) is 0 Å². The standard InChI is InChI=1S/C26H28N6O4S/c1-26(14-35-15-26)16-36-18-2-3-19-17(10-18)12-32(24(19)34)25-30-21(13-37-25)23(33)29-20-11-28-5-4-22(20)31-8-6-27-7-9-31/h2-5,10-13,27,34H,6-9,14-16H2,1H3,(H,29,33). The predicted octanol–water partition coefficient (Wildman–Crippen LogP) is 3.26. The Bertz CT molecular complexity index is 1440. The second kappa shape index (κ2) is 9.66. The van der Waals surface area contributed by atoms with Crippen molar-refractivity contribution in [1.29, 1.82) is 0 Å². The number of fused-ring (bicyclic) bond motifs is 1. The molecule has 2 aliphatic rings. The number of amides is 1. The number of hydrogen-bond donors (Lipinski definition) is 3. The molecule has 0 atom stereocenters. The Balaban J connectivity index is 1.19. The molecule has 3 N–H and O–H groups in total. The second-order valence-corrected chi connectivity index (χ2v) is 10.6. The predicted molar refractivity (Wildman–Crippen MR) is 142 cm³/mol. The minimum atomic E-state index is -0.327. The summed E-state index contributed by atoms with van der Waals surface area (Å²) >= 11 is 1.28. The van der Waals surface area contributed by atoms with Gasteiger partial charge >= 0.3 is 0 Å². The largest absolute Gasteiger partial charge is 0.494 e. The zero-order chi connectivity index (χ0) is 25.4. The van der Waals surface area contributed by atoms with Gasteiger partial charge in [0.1, 0.15) is 11.4 Å². The first kappa shape index (κ1) is 23.7. The van der Waals surface area contributed by atoms with Gasteiger partial charge in [-0.3, -0.25) is 14.3 Å². The molecule has 10 nitrogen and oxygen atoms in total. The van der Waals surface area contributed by atoms with E-state index in [9.17, 15) is 9.90 Å². The number of thiazole rings is 1. The molecule has 5 heterocycles.